The van der Waals surface area contributed by atoms with Gasteiger partial charge in [-0.2, -0.15) is 0 Å². The predicted molar refractivity (Wildman–Crippen MR) is 282 cm³/mol. The standard InChI is InChI=1S/C57H104NO8P/c1-6-8-10-12-14-16-18-20-22-23-24-25-26-27-28-29-30-31-32-33-34-35-36-38-40-42-44-46-48-50-57(60)66-55(54-65-67(61,62)64-52-51-58(3,4)5)53-63-56(59)49-47-45-43-41-39-37-21-19-17-15-13-11-9-7-2/h8,10,14,16,20,22,24-25,27-28,55H,6-7,9,11-13,15,17-19,21,23,26,29-54H2,1-5H3/b10-8-,16-14-,22-20-,25-24-,28-27-. The summed E-state index contributed by atoms with van der Waals surface area (Å²) >= 11 is 0. The molecule has 0 spiro atoms. The predicted octanol–water partition coefficient (Wildman–Crippen LogP) is 16.1. The number of rotatable bonds is 50. The number of quaternary nitrogens is 1. The van der Waals surface area contributed by atoms with Crippen LogP contribution in [0.4, 0.5) is 0 Å². The van der Waals surface area contributed by atoms with Gasteiger partial charge in [0.15, 0.2) is 6.10 Å². The normalized spacial score (nSPS) is 13.8. The number of hydrogen-bond acceptors (Lipinski definition) is 8. The van der Waals surface area contributed by atoms with Crippen molar-refractivity contribution in [3.63, 3.8) is 0 Å². The minimum atomic E-state index is -4.63. The van der Waals surface area contributed by atoms with E-state index in [1.165, 1.54) is 135 Å². The Morgan fingerprint density at radius 1 is 0.478 bits per heavy atom. The molecule has 0 N–H and O–H groups in total. The van der Waals surface area contributed by atoms with E-state index < -0.39 is 26.5 Å². The van der Waals surface area contributed by atoms with E-state index in [2.05, 4.69) is 74.6 Å². The first-order valence-electron chi connectivity index (χ1n) is 27.5. The zero-order valence-electron chi connectivity index (χ0n) is 44.1. The summed E-state index contributed by atoms with van der Waals surface area (Å²) in [6, 6.07) is 0. The molecule has 390 valence electrons. The maximum absolute atomic E-state index is 12.8. The molecular formula is C57H104NO8P. The number of nitrogens with zero attached hydrogens (tertiary/aromatic N) is 1. The molecule has 0 saturated heterocycles. The Bertz CT molecular complexity index is 1320. The van der Waals surface area contributed by atoms with Crippen LogP contribution >= 0.6 is 7.82 Å². The van der Waals surface area contributed by atoms with Crippen molar-refractivity contribution in [2.75, 3.05) is 47.5 Å². The monoisotopic (exact) mass is 962 g/mol. The molecule has 0 rings (SSSR count). The topological polar surface area (TPSA) is 111 Å². The minimum Gasteiger partial charge on any atom is -0.756 e. The number of hydrogen-bond donors (Lipinski definition) is 0. The van der Waals surface area contributed by atoms with Gasteiger partial charge in [-0.1, -0.05) is 229 Å². The zero-order valence-corrected chi connectivity index (χ0v) is 45.0. The number of ether oxygens (including phenoxy) is 2. The smallest absolute Gasteiger partial charge is 0.306 e. The summed E-state index contributed by atoms with van der Waals surface area (Å²) in [4.78, 5) is 37.8. The molecule has 10 heteroatoms. The molecule has 0 aromatic heterocycles. The number of phosphoric acid groups is 1. The molecule has 0 amide bonds. The van der Waals surface area contributed by atoms with Gasteiger partial charge in [-0.25, -0.2) is 0 Å². The molecule has 0 heterocycles. The van der Waals surface area contributed by atoms with Crippen molar-refractivity contribution >= 4 is 19.8 Å². The van der Waals surface area contributed by atoms with Crippen molar-refractivity contribution in [2.24, 2.45) is 0 Å². The van der Waals surface area contributed by atoms with Gasteiger partial charge in [-0.05, 0) is 57.8 Å². The lowest BCUT2D eigenvalue weighted by molar-refractivity contribution is -0.870. The van der Waals surface area contributed by atoms with Crippen molar-refractivity contribution in [1.29, 1.82) is 0 Å². The summed E-state index contributed by atoms with van der Waals surface area (Å²) in [6.07, 6.45) is 61.2. The Morgan fingerprint density at radius 3 is 1.27 bits per heavy atom. The molecule has 0 fully saturated rings. The molecule has 0 saturated carbocycles. The van der Waals surface area contributed by atoms with Gasteiger partial charge in [0.1, 0.15) is 19.8 Å². The summed E-state index contributed by atoms with van der Waals surface area (Å²) < 4.78 is 34.1. The second-order valence-electron chi connectivity index (χ2n) is 19.6. The molecule has 67 heavy (non-hydrogen) atoms. The van der Waals surface area contributed by atoms with Gasteiger partial charge in [0.25, 0.3) is 7.82 Å². The molecule has 0 aliphatic rings. The van der Waals surface area contributed by atoms with Gasteiger partial charge in [0, 0.05) is 12.8 Å². The Balaban J connectivity index is 4.13. The maximum Gasteiger partial charge on any atom is 0.306 e. The quantitative estimate of drug-likeness (QED) is 0.0195. The van der Waals surface area contributed by atoms with Crippen molar-refractivity contribution in [3.05, 3.63) is 60.8 Å². The average molecular weight is 962 g/mol. The van der Waals surface area contributed by atoms with Gasteiger partial charge in [-0.15, -0.1) is 0 Å². The molecule has 2 atom stereocenters. The number of carbonyl (C=O) groups excluding carboxylic acids is 2. The second kappa shape index (κ2) is 48.7. The molecule has 0 aromatic carbocycles. The van der Waals surface area contributed by atoms with Crippen LogP contribution in [0, 0.1) is 0 Å². The van der Waals surface area contributed by atoms with E-state index in [0.29, 0.717) is 17.4 Å². The molecule has 0 bridgehead atoms. The van der Waals surface area contributed by atoms with Gasteiger partial charge < -0.3 is 27.9 Å². The van der Waals surface area contributed by atoms with E-state index in [1.54, 1.807) is 0 Å². The first kappa shape index (κ1) is 64.7. The molecule has 0 aromatic rings. The Hall–Kier alpha value is -2.29. The van der Waals surface area contributed by atoms with E-state index in [0.717, 1.165) is 70.6 Å². The van der Waals surface area contributed by atoms with Gasteiger partial charge >= 0.3 is 11.9 Å². The summed E-state index contributed by atoms with van der Waals surface area (Å²) in [5.74, 6) is -0.828. The van der Waals surface area contributed by atoms with Crippen LogP contribution in [0.1, 0.15) is 239 Å². The van der Waals surface area contributed by atoms with E-state index in [9.17, 15) is 19.0 Å². The van der Waals surface area contributed by atoms with Crippen LogP contribution in [0.5, 0.6) is 0 Å². The molecule has 0 aliphatic carbocycles. The Labute approximate surface area is 413 Å². The van der Waals surface area contributed by atoms with Gasteiger partial charge in [0.2, 0.25) is 0 Å². The highest BCUT2D eigenvalue weighted by Crippen LogP contribution is 2.38. The van der Waals surface area contributed by atoms with Crippen LogP contribution in [-0.2, 0) is 32.7 Å². The van der Waals surface area contributed by atoms with Crippen molar-refractivity contribution in [2.45, 2.75) is 245 Å². The summed E-state index contributed by atoms with van der Waals surface area (Å²) in [5, 5.41) is 0. The molecule has 9 nitrogen and oxygen atoms in total. The maximum atomic E-state index is 12.8. The van der Waals surface area contributed by atoms with E-state index >= 15 is 0 Å². The summed E-state index contributed by atoms with van der Waals surface area (Å²) in [7, 11) is 1.17. The lowest BCUT2D eigenvalue weighted by Crippen LogP contribution is -2.37. The largest absolute Gasteiger partial charge is 0.756 e. The van der Waals surface area contributed by atoms with Gasteiger partial charge in [-0.3, -0.25) is 14.2 Å². The Kier molecular flexibility index (Phi) is 47.1. The van der Waals surface area contributed by atoms with Crippen LogP contribution in [0.25, 0.3) is 0 Å². The number of carbonyl (C=O) groups is 2. The first-order chi connectivity index (χ1) is 32.5. The third kappa shape index (κ3) is 52.9. The summed E-state index contributed by atoms with van der Waals surface area (Å²) in [6.45, 7) is 4.14. The fraction of sp³-hybridized carbons (Fsp3) is 0.789. The third-order valence-corrected chi connectivity index (χ3v) is 12.8. The minimum absolute atomic E-state index is 0.0309. The van der Waals surface area contributed by atoms with Crippen molar-refractivity contribution in [1.82, 2.24) is 0 Å². The van der Waals surface area contributed by atoms with E-state index in [1.807, 2.05) is 21.1 Å². The van der Waals surface area contributed by atoms with Crippen LogP contribution in [0.2, 0.25) is 0 Å². The second-order valence-corrected chi connectivity index (χ2v) is 21.0. The number of likely N-dealkylation sites (N-methyl/N-ethyl adjacent to an activating group) is 1. The molecule has 0 aliphatic heterocycles. The van der Waals surface area contributed by atoms with Crippen LogP contribution < -0.4 is 4.89 Å². The van der Waals surface area contributed by atoms with Crippen LogP contribution in [0.3, 0.4) is 0 Å². The zero-order chi connectivity index (χ0) is 49.2. The summed E-state index contributed by atoms with van der Waals surface area (Å²) in [5.41, 5.74) is 0. The Morgan fingerprint density at radius 2 is 0.851 bits per heavy atom. The first-order valence-corrected chi connectivity index (χ1v) is 29.0. The lowest BCUT2D eigenvalue weighted by Gasteiger charge is -2.28. The van der Waals surface area contributed by atoms with Crippen LogP contribution in [-0.4, -0.2) is 70.0 Å². The highest BCUT2D eigenvalue weighted by Gasteiger charge is 2.21. The fourth-order valence-electron chi connectivity index (χ4n) is 7.57. The number of phosphoric ester groups is 1. The van der Waals surface area contributed by atoms with Gasteiger partial charge in [0.05, 0.1) is 27.7 Å². The van der Waals surface area contributed by atoms with Crippen molar-refractivity contribution < 1.29 is 42.1 Å². The molecular weight excluding hydrogens is 858 g/mol. The van der Waals surface area contributed by atoms with E-state index in [4.69, 9.17) is 18.5 Å². The number of unbranched alkanes of at least 4 members (excludes halogenated alkanes) is 26. The number of allylic oxidation sites excluding steroid dienone is 10. The highest BCUT2D eigenvalue weighted by molar-refractivity contribution is 7.45. The lowest BCUT2D eigenvalue weighted by atomic mass is 10.0. The molecule has 2 unspecified atom stereocenters. The SMILES string of the molecule is CC/C=C\C/C=C\C/C=C\C/C=C\C/C=C\CCCCCCCCCCCCCCCC(=O)OC(COC(=O)CCCCCCCCCCCCCCCC)COP(=O)([O-])OCC[N+](C)(C)C. The van der Waals surface area contributed by atoms with Crippen molar-refractivity contribution in [3.8, 4) is 0 Å². The van der Waals surface area contributed by atoms with E-state index in [-0.39, 0.29) is 32.0 Å². The molecule has 0 radical (unpaired) electrons. The highest BCUT2D eigenvalue weighted by atomic mass is 31.2. The average Bonchev–Trinajstić information content (AvgIpc) is 3.29. The third-order valence-electron chi connectivity index (χ3n) is 11.8. The fourth-order valence-corrected chi connectivity index (χ4v) is 8.29. The number of esters is 2. The van der Waals surface area contributed by atoms with Crippen LogP contribution in [0.15, 0.2) is 60.8 Å².